The van der Waals surface area contributed by atoms with Crippen molar-refractivity contribution in [1.82, 2.24) is 20.0 Å². The number of rotatable bonds is 11. The molecule has 0 aliphatic carbocycles. The summed E-state index contributed by atoms with van der Waals surface area (Å²) in [5.74, 6) is 1.12. The highest BCUT2D eigenvalue weighted by Crippen LogP contribution is 2.29. The first-order valence-electron chi connectivity index (χ1n) is 15.3. The number of likely N-dealkylation sites (N-methyl/N-ethyl adjacent to an activating group) is 1. The average molecular weight is 539 g/mol. The molecule has 5 nitrogen and oxygen atoms in total. The van der Waals surface area contributed by atoms with Gasteiger partial charge in [0.2, 0.25) is 0 Å². The van der Waals surface area contributed by atoms with Gasteiger partial charge in [0, 0.05) is 57.3 Å². The van der Waals surface area contributed by atoms with E-state index < -0.39 is 0 Å². The second-order valence-electron chi connectivity index (χ2n) is 11.6. The summed E-state index contributed by atoms with van der Waals surface area (Å²) in [5.41, 5.74) is 4.86. The van der Waals surface area contributed by atoms with Gasteiger partial charge in [-0.25, -0.2) is 0 Å². The number of piperidine rings is 1. The molecule has 0 aromatic heterocycles. The van der Waals surface area contributed by atoms with Crippen LogP contribution in [0.4, 0.5) is 0 Å². The fraction of sp³-hybridized carbons (Fsp3) is 0.457. The summed E-state index contributed by atoms with van der Waals surface area (Å²) in [4.78, 5) is 20.4. The smallest absolute Gasteiger partial charge is 0.251 e. The highest BCUT2D eigenvalue weighted by atomic mass is 16.1. The molecule has 1 amide bonds. The Morgan fingerprint density at radius 2 is 1.40 bits per heavy atom. The summed E-state index contributed by atoms with van der Waals surface area (Å²) in [5, 5.41) is 3.15. The summed E-state index contributed by atoms with van der Waals surface area (Å²) in [6, 6.07) is 30.2. The number of hydrogen-bond donors (Lipinski definition) is 1. The maximum atomic E-state index is 12.9. The second-order valence-corrected chi connectivity index (χ2v) is 11.6. The van der Waals surface area contributed by atoms with Crippen LogP contribution < -0.4 is 5.32 Å². The molecule has 0 bridgehead atoms. The van der Waals surface area contributed by atoms with Crippen molar-refractivity contribution >= 4 is 5.91 Å². The zero-order valence-corrected chi connectivity index (χ0v) is 24.2. The molecule has 1 N–H and O–H groups in total. The average Bonchev–Trinajstić information content (AvgIpc) is 3.02. The highest BCUT2D eigenvalue weighted by molar-refractivity contribution is 5.94. The van der Waals surface area contributed by atoms with Gasteiger partial charge in [0.05, 0.1) is 0 Å². The quantitative estimate of drug-likeness (QED) is 0.367. The van der Waals surface area contributed by atoms with Crippen LogP contribution in [0, 0.1) is 5.92 Å². The number of hydrogen-bond acceptors (Lipinski definition) is 4. The van der Waals surface area contributed by atoms with E-state index in [1.54, 1.807) is 0 Å². The number of likely N-dealkylation sites (tertiary alicyclic amines) is 1. The van der Waals surface area contributed by atoms with Gasteiger partial charge in [-0.15, -0.1) is 0 Å². The van der Waals surface area contributed by atoms with Crippen molar-refractivity contribution in [2.24, 2.45) is 5.92 Å². The fourth-order valence-corrected chi connectivity index (χ4v) is 6.34. The van der Waals surface area contributed by atoms with Crippen molar-refractivity contribution in [2.45, 2.75) is 32.1 Å². The summed E-state index contributed by atoms with van der Waals surface area (Å²) < 4.78 is 0. The molecular weight excluding hydrogens is 492 g/mol. The third-order valence-electron chi connectivity index (χ3n) is 8.89. The Bertz CT molecular complexity index is 1130. The van der Waals surface area contributed by atoms with Crippen molar-refractivity contribution < 1.29 is 4.79 Å². The number of carbonyl (C=O) groups is 1. The molecule has 2 aliphatic rings. The van der Waals surface area contributed by atoms with E-state index >= 15 is 0 Å². The van der Waals surface area contributed by atoms with Gasteiger partial charge in [-0.2, -0.15) is 0 Å². The van der Waals surface area contributed by atoms with Crippen LogP contribution in [0.3, 0.4) is 0 Å². The van der Waals surface area contributed by atoms with Gasteiger partial charge in [0.1, 0.15) is 0 Å². The summed E-state index contributed by atoms with van der Waals surface area (Å²) in [7, 11) is 0. The molecule has 5 heteroatoms. The molecule has 0 radical (unpaired) electrons. The molecule has 0 atom stereocenters. The lowest BCUT2D eigenvalue weighted by molar-refractivity contribution is 0.0937. The first kappa shape index (κ1) is 28.5. The predicted molar refractivity (Wildman–Crippen MR) is 165 cm³/mol. The van der Waals surface area contributed by atoms with Crippen LogP contribution in [-0.2, 0) is 6.42 Å². The Kier molecular flexibility index (Phi) is 10.4. The number of benzene rings is 3. The standard InChI is InChI=1S/C35H46N4O/c1-2-37-22-24-38(25-23-37)21-18-36-35(40)33-15-9-10-30(27-33)26-29-16-19-39(20-17-29)28-34(31-11-5-3-6-12-31)32-13-7-4-8-14-32/h3-15,27,29,34H,2,16-26,28H2,1H3,(H,36,40). The monoisotopic (exact) mass is 538 g/mol. The summed E-state index contributed by atoms with van der Waals surface area (Å²) in [6.45, 7) is 12.8. The summed E-state index contributed by atoms with van der Waals surface area (Å²) >= 11 is 0. The third-order valence-corrected chi connectivity index (χ3v) is 8.89. The van der Waals surface area contributed by atoms with Crippen LogP contribution in [0.15, 0.2) is 84.9 Å². The molecule has 3 aromatic carbocycles. The first-order chi connectivity index (χ1) is 19.7. The van der Waals surface area contributed by atoms with Crippen molar-refractivity contribution in [1.29, 1.82) is 0 Å². The molecule has 2 fully saturated rings. The maximum absolute atomic E-state index is 12.9. The normalized spacial score (nSPS) is 17.8. The van der Waals surface area contributed by atoms with Gasteiger partial charge >= 0.3 is 0 Å². The Labute approximate surface area is 241 Å². The molecule has 5 rings (SSSR count). The van der Waals surface area contributed by atoms with E-state index in [0.29, 0.717) is 18.4 Å². The molecule has 40 heavy (non-hydrogen) atoms. The van der Waals surface area contributed by atoms with Gasteiger partial charge in [0.15, 0.2) is 0 Å². The molecule has 2 saturated heterocycles. The predicted octanol–water partition coefficient (Wildman–Crippen LogP) is 5.14. The molecule has 0 saturated carbocycles. The van der Waals surface area contributed by atoms with E-state index in [9.17, 15) is 4.79 Å². The second kappa shape index (κ2) is 14.6. The molecule has 0 spiro atoms. The highest BCUT2D eigenvalue weighted by Gasteiger charge is 2.24. The van der Waals surface area contributed by atoms with E-state index in [1.807, 2.05) is 12.1 Å². The SMILES string of the molecule is CCN1CCN(CCNC(=O)c2cccc(CC3CCN(CC(c4ccccc4)c4ccccc4)CC3)c2)CC1. The van der Waals surface area contributed by atoms with Gasteiger partial charge in [0.25, 0.3) is 5.91 Å². The van der Waals surface area contributed by atoms with Crippen LogP contribution in [0.25, 0.3) is 0 Å². The Hall–Kier alpha value is -2.99. The Morgan fingerprint density at radius 3 is 2.02 bits per heavy atom. The number of piperazine rings is 1. The van der Waals surface area contributed by atoms with Crippen LogP contribution in [0.2, 0.25) is 0 Å². The molecule has 0 unspecified atom stereocenters. The van der Waals surface area contributed by atoms with Crippen molar-refractivity contribution in [3.63, 3.8) is 0 Å². The van der Waals surface area contributed by atoms with E-state index in [2.05, 4.69) is 99.7 Å². The van der Waals surface area contributed by atoms with Gasteiger partial charge in [-0.3, -0.25) is 9.69 Å². The number of amides is 1. The summed E-state index contributed by atoms with van der Waals surface area (Å²) in [6.07, 6.45) is 3.47. The van der Waals surface area contributed by atoms with E-state index in [-0.39, 0.29) is 5.91 Å². The Balaban J connectivity index is 1.08. The fourth-order valence-electron chi connectivity index (χ4n) is 6.34. The van der Waals surface area contributed by atoms with Gasteiger partial charge < -0.3 is 15.1 Å². The zero-order chi connectivity index (χ0) is 27.6. The lowest BCUT2D eigenvalue weighted by atomic mass is 9.87. The van der Waals surface area contributed by atoms with Crippen molar-refractivity contribution in [3.05, 3.63) is 107 Å². The van der Waals surface area contributed by atoms with E-state index in [0.717, 1.165) is 70.9 Å². The minimum Gasteiger partial charge on any atom is -0.351 e. The molecule has 2 aliphatic heterocycles. The van der Waals surface area contributed by atoms with Crippen molar-refractivity contribution in [2.75, 3.05) is 65.4 Å². The Morgan fingerprint density at radius 1 is 0.775 bits per heavy atom. The van der Waals surface area contributed by atoms with E-state index in [4.69, 9.17) is 0 Å². The topological polar surface area (TPSA) is 38.8 Å². The lowest BCUT2D eigenvalue weighted by Gasteiger charge is -2.34. The van der Waals surface area contributed by atoms with Gasteiger partial charge in [-0.1, -0.05) is 79.7 Å². The van der Waals surface area contributed by atoms with Crippen LogP contribution >= 0.6 is 0 Å². The minimum absolute atomic E-state index is 0.0525. The lowest BCUT2D eigenvalue weighted by Crippen LogP contribution is -2.48. The molecular formula is C35H46N4O. The first-order valence-corrected chi connectivity index (χ1v) is 15.3. The van der Waals surface area contributed by atoms with Crippen LogP contribution in [0.5, 0.6) is 0 Å². The van der Waals surface area contributed by atoms with Crippen LogP contribution in [-0.4, -0.2) is 86.1 Å². The molecule has 2 heterocycles. The van der Waals surface area contributed by atoms with E-state index in [1.165, 1.54) is 29.5 Å². The zero-order valence-electron chi connectivity index (χ0n) is 24.2. The minimum atomic E-state index is 0.0525. The molecule has 212 valence electrons. The van der Waals surface area contributed by atoms with Gasteiger partial charge in [-0.05, 0) is 73.6 Å². The third kappa shape index (κ3) is 8.03. The van der Waals surface area contributed by atoms with Crippen LogP contribution in [0.1, 0.15) is 52.7 Å². The number of nitrogens with zero attached hydrogens (tertiary/aromatic N) is 3. The number of carbonyl (C=O) groups excluding carboxylic acids is 1. The number of nitrogens with one attached hydrogen (secondary N) is 1. The largest absolute Gasteiger partial charge is 0.351 e. The van der Waals surface area contributed by atoms with Crippen molar-refractivity contribution in [3.8, 4) is 0 Å². The molecule has 3 aromatic rings. The maximum Gasteiger partial charge on any atom is 0.251 e.